The molecule has 0 aromatic heterocycles. The molecule has 1 amide bonds. The largest absolute Gasteiger partial charge is 0.464 e. The highest BCUT2D eigenvalue weighted by Crippen LogP contribution is 2.51. The van der Waals surface area contributed by atoms with Crippen molar-refractivity contribution in [2.75, 3.05) is 18.0 Å². The number of aliphatic hydroxyl groups is 1. The SMILES string of the molecule is COC(=O)C1=C(CN2Sc3ccc(C)c4cccc2c34)[C@H](C)C2[C@@H]([C@@H](C)O)C(=O)N12. The first kappa shape index (κ1) is 19.5. The minimum Gasteiger partial charge on any atom is -0.464 e. The van der Waals surface area contributed by atoms with E-state index in [9.17, 15) is 14.7 Å². The molecule has 156 valence electrons. The lowest BCUT2D eigenvalue weighted by Crippen LogP contribution is -2.63. The van der Waals surface area contributed by atoms with Gasteiger partial charge in [0.15, 0.2) is 0 Å². The molecule has 0 saturated carbocycles. The van der Waals surface area contributed by atoms with Gasteiger partial charge in [0.25, 0.3) is 0 Å². The molecule has 1 unspecified atom stereocenters. The van der Waals surface area contributed by atoms with Gasteiger partial charge in [-0.05, 0) is 54.5 Å². The number of nitrogens with zero attached hydrogens (tertiary/aromatic N) is 2. The zero-order valence-corrected chi connectivity index (χ0v) is 18.2. The van der Waals surface area contributed by atoms with Crippen LogP contribution >= 0.6 is 11.9 Å². The Morgan fingerprint density at radius 2 is 2.07 bits per heavy atom. The Hall–Kier alpha value is -2.51. The lowest BCUT2D eigenvalue weighted by molar-refractivity contribution is -0.163. The highest BCUT2D eigenvalue weighted by atomic mass is 32.2. The number of carbonyl (C=O) groups excluding carboxylic acids is 2. The van der Waals surface area contributed by atoms with Crippen molar-refractivity contribution in [1.82, 2.24) is 4.90 Å². The molecular weight excluding hydrogens is 400 g/mol. The summed E-state index contributed by atoms with van der Waals surface area (Å²) in [5, 5.41) is 12.6. The molecule has 7 heteroatoms. The van der Waals surface area contributed by atoms with Crippen molar-refractivity contribution in [3.63, 3.8) is 0 Å². The highest BCUT2D eigenvalue weighted by Gasteiger charge is 2.60. The molecule has 2 aromatic carbocycles. The Labute approximate surface area is 179 Å². The smallest absolute Gasteiger partial charge is 0.354 e. The summed E-state index contributed by atoms with van der Waals surface area (Å²) >= 11 is 1.66. The number of methoxy groups -OCH3 is 1. The van der Waals surface area contributed by atoms with Crippen LogP contribution in [0.15, 0.2) is 46.5 Å². The van der Waals surface area contributed by atoms with Gasteiger partial charge < -0.3 is 19.0 Å². The van der Waals surface area contributed by atoms with Crippen molar-refractivity contribution in [3.8, 4) is 0 Å². The first-order chi connectivity index (χ1) is 14.3. The summed E-state index contributed by atoms with van der Waals surface area (Å²) in [5.41, 5.74) is 3.58. The summed E-state index contributed by atoms with van der Waals surface area (Å²) in [5.74, 6) is -1.21. The van der Waals surface area contributed by atoms with Crippen molar-refractivity contribution >= 4 is 40.3 Å². The van der Waals surface area contributed by atoms with Gasteiger partial charge in [-0.1, -0.05) is 25.1 Å². The van der Waals surface area contributed by atoms with Gasteiger partial charge in [0.1, 0.15) is 5.70 Å². The van der Waals surface area contributed by atoms with Gasteiger partial charge in [-0.25, -0.2) is 4.79 Å². The molecule has 2 aromatic rings. The number of esters is 1. The van der Waals surface area contributed by atoms with E-state index < -0.39 is 18.0 Å². The number of hydrogen-bond donors (Lipinski definition) is 1. The third-order valence-electron chi connectivity index (χ3n) is 6.68. The zero-order chi connectivity index (χ0) is 21.3. The van der Waals surface area contributed by atoms with Gasteiger partial charge >= 0.3 is 5.97 Å². The average Bonchev–Trinajstić information content (AvgIpc) is 3.19. The second-order valence-electron chi connectivity index (χ2n) is 8.33. The van der Waals surface area contributed by atoms with E-state index >= 15 is 0 Å². The second-order valence-corrected chi connectivity index (χ2v) is 9.39. The number of benzene rings is 2. The van der Waals surface area contributed by atoms with Crippen LogP contribution in [0.25, 0.3) is 10.8 Å². The number of rotatable bonds is 4. The number of aryl methyl sites for hydroxylation is 1. The molecule has 3 aliphatic rings. The molecule has 30 heavy (non-hydrogen) atoms. The molecule has 0 aliphatic carbocycles. The van der Waals surface area contributed by atoms with Crippen LogP contribution in [0.5, 0.6) is 0 Å². The van der Waals surface area contributed by atoms with E-state index in [2.05, 4.69) is 41.6 Å². The van der Waals surface area contributed by atoms with E-state index in [0.717, 1.165) is 11.3 Å². The van der Waals surface area contributed by atoms with Crippen LogP contribution < -0.4 is 4.31 Å². The van der Waals surface area contributed by atoms with Crippen molar-refractivity contribution in [2.24, 2.45) is 11.8 Å². The van der Waals surface area contributed by atoms with Crippen LogP contribution in [-0.2, 0) is 14.3 Å². The van der Waals surface area contributed by atoms with E-state index in [-0.39, 0.29) is 17.9 Å². The van der Waals surface area contributed by atoms with Crippen LogP contribution in [0.1, 0.15) is 19.4 Å². The monoisotopic (exact) mass is 424 g/mol. The summed E-state index contributed by atoms with van der Waals surface area (Å²) in [6.45, 7) is 6.29. The van der Waals surface area contributed by atoms with Crippen LogP contribution in [0.2, 0.25) is 0 Å². The number of aliphatic hydroxyl groups excluding tert-OH is 1. The van der Waals surface area contributed by atoms with Crippen LogP contribution in [0.4, 0.5) is 5.69 Å². The molecule has 0 bridgehead atoms. The molecule has 3 aliphatic heterocycles. The van der Waals surface area contributed by atoms with Gasteiger partial charge in [-0.2, -0.15) is 0 Å². The Bertz CT molecular complexity index is 1130. The minimum absolute atomic E-state index is 0.0401. The van der Waals surface area contributed by atoms with E-state index in [1.807, 2.05) is 6.92 Å². The fourth-order valence-electron chi connectivity index (χ4n) is 5.16. The summed E-state index contributed by atoms with van der Waals surface area (Å²) in [6, 6.07) is 10.4. The maximum absolute atomic E-state index is 12.7. The number of amides is 1. The number of β-lactam (4-membered cyclic amide) rings is 1. The lowest BCUT2D eigenvalue weighted by atomic mass is 9.78. The van der Waals surface area contributed by atoms with Gasteiger partial charge in [0.05, 0.1) is 37.4 Å². The van der Waals surface area contributed by atoms with Crippen LogP contribution in [-0.4, -0.2) is 47.7 Å². The molecular formula is C23H24N2O4S. The average molecular weight is 425 g/mol. The number of carbonyl (C=O) groups is 2. The molecule has 0 radical (unpaired) electrons. The third kappa shape index (κ3) is 2.48. The topological polar surface area (TPSA) is 70.1 Å². The normalized spacial score (nSPS) is 25.6. The predicted octanol–water partition coefficient (Wildman–Crippen LogP) is 3.26. The Morgan fingerprint density at radius 3 is 2.77 bits per heavy atom. The van der Waals surface area contributed by atoms with E-state index in [0.29, 0.717) is 12.2 Å². The van der Waals surface area contributed by atoms with E-state index in [1.54, 1.807) is 23.8 Å². The van der Waals surface area contributed by atoms with Gasteiger partial charge in [-0.3, -0.25) is 4.79 Å². The van der Waals surface area contributed by atoms with E-state index in [4.69, 9.17) is 4.74 Å². The number of ether oxygens (including phenoxy) is 1. The quantitative estimate of drug-likeness (QED) is 0.462. The number of hydrogen-bond acceptors (Lipinski definition) is 6. The molecule has 5 rings (SSSR count). The summed E-state index contributed by atoms with van der Waals surface area (Å²) in [7, 11) is 1.34. The number of fused-ring (bicyclic) bond motifs is 1. The minimum atomic E-state index is -0.749. The molecule has 1 fully saturated rings. The Morgan fingerprint density at radius 1 is 1.30 bits per heavy atom. The molecule has 6 nitrogen and oxygen atoms in total. The van der Waals surface area contributed by atoms with Crippen molar-refractivity contribution in [1.29, 1.82) is 0 Å². The standard InChI is InChI=1S/C23H24N2O4S/c1-11-8-9-17-19-14(11)6-5-7-16(19)24(30-17)10-15-12(2)20-18(13(3)26)22(27)25(20)21(15)23(28)29-4/h5-9,12-13,18,20,26H,10H2,1-4H3/t12-,13+,18+,20?/m0/s1. The maximum atomic E-state index is 12.7. The highest BCUT2D eigenvalue weighted by molar-refractivity contribution is 8.01. The Balaban J connectivity index is 1.55. The Kier molecular flexibility index (Phi) is 4.38. The maximum Gasteiger partial charge on any atom is 0.354 e. The van der Waals surface area contributed by atoms with Gasteiger partial charge in [-0.15, -0.1) is 0 Å². The summed E-state index contributed by atoms with van der Waals surface area (Å²) in [4.78, 5) is 28.1. The first-order valence-electron chi connectivity index (χ1n) is 10.2. The fourth-order valence-corrected chi connectivity index (χ4v) is 6.29. The third-order valence-corrected chi connectivity index (χ3v) is 7.77. The molecule has 1 N–H and O–H groups in total. The molecule has 1 saturated heterocycles. The molecule has 0 spiro atoms. The number of anilines is 1. The molecule has 4 atom stereocenters. The van der Waals surface area contributed by atoms with Crippen LogP contribution in [0, 0.1) is 18.8 Å². The summed E-state index contributed by atoms with van der Waals surface area (Å²) in [6.07, 6.45) is -0.749. The van der Waals surface area contributed by atoms with Crippen molar-refractivity contribution in [2.45, 2.75) is 37.8 Å². The molecule has 3 heterocycles. The second kappa shape index (κ2) is 6.75. The fraction of sp³-hybridized carbons (Fsp3) is 0.391. The zero-order valence-electron chi connectivity index (χ0n) is 17.4. The predicted molar refractivity (Wildman–Crippen MR) is 116 cm³/mol. The van der Waals surface area contributed by atoms with Crippen molar-refractivity contribution < 1.29 is 19.4 Å². The lowest BCUT2D eigenvalue weighted by Gasteiger charge is -2.46. The van der Waals surface area contributed by atoms with Gasteiger partial charge in [0.2, 0.25) is 5.91 Å². The first-order valence-corrected chi connectivity index (χ1v) is 10.9. The summed E-state index contributed by atoms with van der Waals surface area (Å²) < 4.78 is 7.22. The van der Waals surface area contributed by atoms with Crippen LogP contribution in [0.3, 0.4) is 0 Å². The van der Waals surface area contributed by atoms with E-state index in [1.165, 1.54) is 28.3 Å². The van der Waals surface area contributed by atoms with Gasteiger partial charge in [0, 0.05) is 16.2 Å². The van der Waals surface area contributed by atoms with Crippen molar-refractivity contribution in [3.05, 3.63) is 47.2 Å².